The summed E-state index contributed by atoms with van der Waals surface area (Å²) >= 11 is 0. The first-order valence-corrected chi connectivity index (χ1v) is 8.95. The summed E-state index contributed by atoms with van der Waals surface area (Å²) in [7, 11) is 4.48. The summed E-state index contributed by atoms with van der Waals surface area (Å²) < 4.78 is 15.8. The highest BCUT2D eigenvalue weighted by Crippen LogP contribution is 2.38. The molecule has 0 aliphatic carbocycles. The molecule has 2 aromatic rings. The summed E-state index contributed by atoms with van der Waals surface area (Å²) in [5.74, 6) is 0.722. The number of carbonyl (C=O) groups excluding carboxylic acids is 2. The first-order chi connectivity index (χ1) is 13.4. The minimum atomic E-state index is -0.337. The summed E-state index contributed by atoms with van der Waals surface area (Å²) in [6.45, 7) is 3.95. The second-order valence-corrected chi connectivity index (χ2v) is 6.23. The van der Waals surface area contributed by atoms with E-state index in [1.54, 1.807) is 36.4 Å². The van der Waals surface area contributed by atoms with Crippen LogP contribution in [-0.2, 0) is 0 Å². The quantitative estimate of drug-likeness (QED) is 0.725. The molecule has 0 radical (unpaired) electrons. The summed E-state index contributed by atoms with van der Waals surface area (Å²) in [5, 5.41) is 5.70. The van der Waals surface area contributed by atoms with Gasteiger partial charge in [-0.05, 0) is 49.7 Å². The maximum atomic E-state index is 12.6. The molecule has 150 valence electrons. The fourth-order valence-corrected chi connectivity index (χ4v) is 2.53. The van der Waals surface area contributed by atoms with Crippen molar-refractivity contribution >= 4 is 17.5 Å². The molecule has 2 rings (SSSR count). The van der Waals surface area contributed by atoms with Crippen LogP contribution in [0.4, 0.5) is 5.69 Å². The van der Waals surface area contributed by atoms with E-state index < -0.39 is 0 Å². The number of nitrogens with one attached hydrogen (secondary N) is 2. The number of hydrogen-bond acceptors (Lipinski definition) is 5. The van der Waals surface area contributed by atoms with Crippen LogP contribution in [0.1, 0.15) is 41.0 Å². The van der Waals surface area contributed by atoms with E-state index >= 15 is 0 Å². The van der Waals surface area contributed by atoms with E-state index in [9.17, 15) is 9.59 Å². The predicted octanol–water partition coefficient (Wildman–Crippen LogP) is 3.49. The van der Waals surface area contributed by atoms with Gasteiger partial charge < -0.3 is 24.8 Å². The summed E-state index contributed by atoms with van der Waals surface area (Å²) in [6, 6.07) is 9.95. The molecule has 0 aliphatic rings. The highest BCUT2D eigenvalue weighted by molar-refractivity contribution is 6.05. The highest BCUT2D eigenvalue weighted by atomic mass is 16.5. The third kappa shape index (κ3) is 4.94. The zero-order chi connectivity index (χ0) is 20.7. The third-order valence-electron chi connectivity index (χ3n) is 4.32. The molecule has 0 saturated carbocycles. The number of anilines is 1. The molecule has 0 fully saturated rings. The van der Waals surface area contributed by atoms with Crippen molar-refractivity contribution in [2.75, 3.05) is 26.6 Å². The van der Waals surface area contributed by atoms with Crippen LogP contribution in [0.25, 0.3) is 0 Å². The molecule has 7 heteroatoms. The minimum absolute atomic E-state index is 0.104. The number of benzene rings is 2. The van der Waals surface area contributed by atoms with Crippen LogP contribution in [0.5, 0.6) is 17.2 Å². The third-order valence-corrected chi connectivity index (χ3v) is 4.32. The summed E-state index contributed by atoms with van der Waals surface area (Å²) in [5.41, 5.74) is 1.46. The Kier molecular flexibility index (Phi) is 7.26. The van der Waals surface area contributed by atoms with Crippen molar-refractivity contribution in [1.82, 2.24) is 5.32 Å². The first kappa shape index (κ1) is 21.1. The van der Waals surface area contributed by atoms with Gasteiger partial charge >= 0.3 is 0 Å². The van der Waals surface area contributed by atoms with Gasteiger partial charge in [0.25, 0.3) is 11.8 Å². The van der Waals surface area contributed by atoms with E-state index in [2.05, 4.69) is 10.6 Å². The lowest BCUT2D eigenvalue weighted by Gasteiger charge is -2.14. The lowest BCUT2D eigenvalue weighted by Crippen LogP contribution is -2.31. The van der Waals surface area contributed by atoms with Gasteiger partial charge in [-0.1, -0.05) is 6.92 Å². The Morgan fingerprint density at radius 3 is 1.93 bits per heavy atom. The van der Waals surface area contributed by atoms with Crippen LogP contribution in [0, 0.1) is 0 Å². The van der Waals surface area contributed by atoms with Crippen molar-refractivity contribution in [2.24, 2.45) is 0 Å². The Bertz CT molecular complexity index is 808. The topological polar surface area (TPSA) is 85.9 Å². The van der Waals surface area contributed by atoms with Crippen molar-refractivity contribution in [3.05, 3.63) is 47.5 Å². The number of amides is 2. The van der Waals surface area contributed by atoms with Gasteiger partial charge in [-0.3, -0.25) is 9.59 Å². The molecule has 0 bridgehead atoms. The smallest absolute Gasteiger partial charge is 0.255 e. The second-order valence-electron chi connectivity index (χ2n) is 6.23. The monoisotopic (exact) mass is 386 g/mol. The van der Waals surface area contributed by atoms with E-state index in [0.717, 1.165) is 6.42 Å². The van der Waals surface area contributed by atoms with Crippen LogP contribution in [0.3, 0.4) is 0 Å². The Morgan fingerprint density at radius 2 is 1.46 bits per heavy atom. The number of carbonyl (C=O) groups is 2. The fraction of sp³-hybridized carbons (Fsp3) is 0.333. The van der Waals surface area contributed by atoms with E-state index in [0.29, 0.717) is 34.1 Å². The van der Waals surface area contributed by atoms with E-state index in [1.165, 1.54) is 21.3 Å². The van der Waals surface area contributed by atoms with Gasteiger partial charge in [-0.15, -0.1) is 0 Å². The molecule has 0 saturated heterocycles. The second kappa shape index (κ2) is 9.64. The van der Waals surface area contributed by atoms with Crippen molar-refractivity contribution in [3.8, 4) is 17.2 Å². The lowest BCUT2D eigenvalue weighted by molar-refractivity contribution is 0.0938. The average Bonchev–Trinajstić information content (AvgIpc) is 2.72. The molecule has 2 aromatic carbocycles. The normalized spacial score (nSPS) is 11.3. The molecule has 7 nitrogen and oxygen atoms in total. The largest absolute Gasteiger partial charge is 0.493 e. The van der Waals surface area contributed by atoms with Gasteiger partial charge in [0.05, 0.1) is 21.3 Å². The Hall–Kier alpha value is -3.22. The van der Waals surface area contributed by atoms with Crippen molar-refractivity contribution in [1.29, 1.82) is 0 Å². The lowest BCUT2D eigenvalue weighted by atomic mass is 10.1. The van der Waals surface area contributed by atoms with Crippen molar-refractivity contribution in [3.63, 3.8) is 0 Å². The number of ether oxygens (including phenoxy) is 3. The number of rotatable bonds is 8. The van der Waals surface area contributed by atoms with E-state index in [1.807, 2.05) is 13.8 Å². The van der Waals surface area contributed by atoms with Gasteiger partial charge in [0.2, 0.25) is 5.75 Å². The molecule has 28 heavy (non-hydrogen) atoms. The maximum absolute atomic E-state index is 12.6. The minimum Gasteiger partial charge on any atom is -0.493 e. The summed E-state index contributed by atoms with van der Waals surface area (Å²) in [6.07, 6.45) is 0.856. The molecule has 2 amide bonds. The SMILES string of the molecule is CCC(C)NC(=O)c1ccc(NC(=O)c2cc(OC)c(OC)c(OC)c2)cc1. The zero-order valence-corrected chi connectivity index (χ0v) is 16.8. The number of hydrogen-bond donors (Lipinski definition) is 2. The molecule has 1 atom stereocenters. The van der Waals surface area contributed by atoms with Crippen LogP contribution in [-0.4, -0.2) is 39.2 Å². The molecular weight excluding hydrogens is 360 g/mol. The van der Waals surface area contributed by atoms with Crippen LogP contribution in [0.2, 0.25) is 0 Å². The highest BCUT2D eigenvalue weighted by Gasteiger charge is 2.17. The van der Waals surface area contributed by atoms with Crippen LogP contribution in [0.15, 0.2) is 36.4 Å². The molecule has 1 unspecified atom stereocenters. The van der Waals surface area contributed by atoms with Crippen LogP contribution < -0.4 is 24.8 Å². The van der Waals surface area contributed by atoms with Crippen LogP contribution >= 0.6 is 0 Å². The van der Waals surface area contributed by atoms with E-state index in [-0.39, 0.29) is 17.9 Å². The van der Waals surface area contributed by atoms with Gasteiger partial charge in [-0.2, -0.15) is 0 Å². The molecule has 0 aromatic heterocycles. The molecule has 0 spiro atoms. The van der Waals surface area contributed by atoms with Gasteiger partial charge in [-0.25, -0.2) is 0 Å². The van der Waals surface area contributed by atoms with Crippen molar-refractivity contribution < 1.29 is 23.8 Å². The molecule has 0 heterocycles. The Labute approximate surface area is 165 Å². The molecule has 0 aliphatic heterocycles. The van der Waals surface area contributed by atoms with Gasteiger partial charge in [0.1, 0.15) is 0 Å². The van der Waals surface area contributed by atoms with Gasteiger partial charge in [0.15, 0.2) is 11.5 Å². The first-order valence-electron chi connectivity index (χ1n) is 8.95. The predicted molar refractivity (Wildman–Crippen MR) is 108 cm³/mol. The zero-order valence-electron chi connectivity index (χ0n) is 16.8. The fourth-order valence-electron chi connectivity index (χ4n) is 2.53. The molecular formula is C21H26N2O5. The molecule has 2 N–H and O–H groups in total. The van der Waals surface area contributed by atoms with E-state index in [4.69, 9.17) is 14.2 Å². The summed E-state index contributed by atoms with van der Waals surface area (Å²) in [4.78, 5) is 24.7. The standard InChI is InChI=1S/C21H26N2O5/c1-6-13(2)22-20(24)14-7-9-16(10-8-14)23-21(25)15-11-17(26-3)19(28-5)18(12-15)27-4/h7-13H,6H2,1-5H3,(H,22,24)(H,23,25). The average molecular weight is 386 g/mol. The maximum Gasteiger partial charge on any atom is 0.255 e. The number of methoxy groups -OCH3 is 3. The Balaban J connectivity index is 2.16. The van der Waals surface area contributed by atoms with Crippen molar-refractivity contribution in [2.45, 2.75) is 26.3 Å². The Morgan fingerprint density at radius 1 is 0.893 bits per heavy atom. The van der Waals surface area contributed by atoms with Gasteiger partial charge in [0, 0.05) is 22.9 Å².